The topological polar surface area (TPSA) is 6.48 Å². The molecular weight excluding hydrogens is 520 g/mol. The van der Waals surface area contributed by atoms with Crippen molar-refractivity contribution in [2.24, 2.45) is 29.6 Å². The third-order valence-corrected chi connectivity index (χ3v) is 12.1. The summed E-state index contributed by atoms with van der Waals surface area (Å²) in [6.45, 7) is 2.24. The fourth-order valence-electron chi connectivity index (χ4n) is 10.3. The number of aryl methyl sites for hydroxylation is 1. The van der Waals surface area contributed by atoms with Crippen LogP contribution in [0.25, 0.3) is 0 Å². The highest BCUT2D eigenvalue weighted by atomic mass is 15.2. The Morgan fingerprint density at radius 2 is 1.67 bits per heavy atom. The van der Waals surface area contributed by atoms with Crippen LogP contribution in [0.2, 0.25) is 0 Å². The van der Waals surface area contributed by atoms with E-state index in [-0.39, 0.29) is 0 Å². The highest BCUT2D eigenvalue weighted by Crippen LogP contribution is 2.56. The van der Waals surface area contributed by atoms with Crippen molar-refractivity contribution in [1.82, 2.24) is 0 Å². The normalized spacial score (nSPS) is 34.1. The molecule has 2 nitrogen and oxygen atoms in total. The van der Waals surface area contributed by atoms with Gasteiger partial charge in [0.05, 0.1) is 0 Å². The smallest absolute Gasteiger partial charge is 0.0445 e. The lowest BCUT2D eigenvalue weighted by Gasteiger charge is -2.44. The second kappa shape index (κ2) is 10.3. The lowest BCUT2D eigenvalue weighted by atomic mass is 9.63. The summed E-state index contributed by atoms with van der Waals surface area (Å²) < 4.78 is 0. The average Bonchev–Trinajstić information content (AvgIpc) is 3.57. The van der Waals surface area contributed by atoms with Crippen LogP contribution >= 0.6 is 0 Å². The van der Waals surface area contributed by atoms with E-state index in [1.54, 1.807) is 22.4 Å². The summed E-state index contributed by atoms with van der Waals surface area (Å²) in [5.74, 6) is 3.37. The minimum Gasteiger partial charge on any atom is -0.341 e. The molecule has 0 aromatic heterocycles. The Hall–Kier alpha value is -3.52. The molecule has 9 rings (SSSR count). The number of hydrogen-bond acceptors (Lipinski definition) is 2. The minimum atomic E-state index is 0.535. The van der Waals surface area contributed by atoms with Crippen LogP contribution < -0.4 is 9.80 Å². The Balaban J connectivity index is 1.05. The summed E-state index contributed by atoms with van der Waals surface area (Å²) in [6, 6.07) is 21.6. The van der Waals surface area contributed by atoms with Gasteiger partial charge in [0.25, 0.3) is 0 Å². The first kappa shape index (κ1) is 25.9. The van der Waals surface area contributed by atoms with Crippen LogP contribution in [-0.2, 0) is 0 Å². The lowest BCUT2D eigenvalue weighted by Crippen LogP contribution is -2.43. The maximum absolute atomic E-state index is 2.77. The molecule has 43 heavy (non-hydrogen) atoms. The molecule has 2 heterocycles. The first-order valence-electron chi connectivity index (χ1n) is 17.1. The van der Waals surface area contributed by atoms with Crippen molar-refractivity contribution in [3.8, 4) is 0 Å². The maximum atomic E-state index is 2.77. The first-order chi connectivity index (χ1) is 21.2. The third-order valence-electron chi connectivity index (χ3n) is 12.1. The van der Waals surface area contributed by atoms with E-state index in [0.29, 0.717) is 35.8 Å². The van der Waals surface area contributed by atoms with Gasteiger partial charge < -0.3 is 9.80 Å². The van der Waals surface area contributed by atoms with E-state index >= 15 is 0 Å². The number of benzene rings is 2. The molecule has 0 radical (unpaired) electrons. The molecule has 1 saturated carbocycles. The molecule has 0 spiro atoms. The number of allylic oxidation sites excluding steroid dienone is 8. The van der Waals surface area contributed by atoms with Crippen molar-refractivity contribution in [3.63, 3.8) is 0 Å². The van der Waals surface area contributed by atoms with Gasteiger partial charge in [-0.1, -0.05) is 72.4 Å². The van der Waals surface area contributed by atoms with Crippen LogP contribution in [0.15, 0.2) is 125 Å². The van der Waals surface area contributed by atoms with Gasteiger partial charge in [0, 0.05) is 52.6 Å². The van der Waals surface area contributed by atoms with Crippen molar-refractivity contribution >= 4 is 11.4 Å². The van der Waals surface area contributed by atoms with Crippen LogP contribution in [0.5, 0.6) is 0 Å². The van der Waals surface area contributed by atoms with Gasteiger partial charge in [0.15, 0.2) is 0 Å². The van der Waals surface area contributed by atoms with Crippen LogP contribution in [0, 0.1) is 36.5 Å². The number of anilines is 2. The van der Waals surface area contributed by atoms with Gasteiger partial charge in [-0.2, -0.15) is 0 Å². The predicted octanol–water partition coefficient (Wildman–Crippen LogP) is 9.84. The van der Waals surface area contributed by atoms with E-state index in [9.17, 15) is 0 Å². The molecule has 0 amide bonds. The van der Waals surface area contributed by atoms with Crippen molar-refractivity contribution in [3.05, 3.63) is 131 Å². The predicted molar refractivity (Wildman–Crippen MR) is 179 cm³/mol. The summed E-state index contributed by atoms with van der Waals surface area (Å²) in [6.07, 6.45) is 29.1. The quantitative estimate of drug-likeness (QED) is 0.342. The van der Waals surface area contributed by atoms with Gasteiger partial charge in [0.2, 0.25) is 0 Å². The molecule has 0 N–H and O–H groups in total. The molecule has 0 saturated heterocycles. The summed E-state index contributed by atoms with van der Waals surface area (Å²) >= 11 is 0. The molecule has 2 aromatic carbocycles. The largest absolute Gasteiger partial charge is 0.341 e. The Kier molecular flexibility index (Phi) is 6.21. The number of hydrogen-bond donors (Lipinski definition) is 0. The SMILES string of the molecule is Cc1cccc(N2C3=C(CC(C4=CCC5C(C4)C4=C(CCC=C4)N5c4ccccc4)C=C3)C3C4C=CCCC4CCC32)c1. The maximum Gasteiger partial charge on any atom is 0.0445 e. The molecule has 7 unspecified atom stereocenters. The molecule has 1 fully saturated rings. The number of fused-ring (bicyclic) bond motifs is 6. The number of rotatable bonds is 3. The highest BCUT2D eigenvalue weighted by Gasteiger charge is 2.50. The van der Waals surface area contributed by atoms with Gasteiger partial charge in [0.1, 0.15) is 0 Å². The molecule has 218 valence electrons. The van der Waals surface area contributed by atoms with E-state index in [4.69, 9.17) is 0 Å². The molecule has 2 heteroatoms. The summed E-state index contributed by atoms with van der Waals surface area (Å²) in [5.41, 5.74) is 12.3. The Bertz CT molecular complexity index is 1620. The van der Waals surface area contributed by atoms with Crippen LogP contribution in [-0.4, -0.2) is 12.1 Å². The molecule has 2 aliphatic heterocycles. The van der Waals surface area contributed by atoms with Gasteiger partial charge in [-0.25, -0.2) is 0 Å². The molecular formula is C41H44N2. The molecule has 2 aromatic rings. The lowest BCUT2D eigenvalue weighted by molar-refractivity contribution is 0.183. The zero-order valence-corrected chi connectivity index (χ0v) is 25.5. The van der Waals surface area contributed by atoms with E-state index in [1.165, 1.54) is 74.0 Å². The molecule has 0 bridgehead atoms. The monoisotopic (exact) mass is 564 g/mol. The van der Waals surface area contributed by atoms with Gasteiger partial charge in [-0.15, -0.1) is 0 Å². The fourth-order valence-corrected chi connectivity index (χ4v) is 10.3. The third kappa shape index (κ3) is 4.12. The van der Waals surface area contributed by atoms with Gasteiger partial charge in [-0.05, 0) is 124 Å². The van der Waals surface area contributed by atoms with Crippen molar-refractivity contribution in [1.29, 1.82) is 0 Å². The fraction of sp³-hybridized carbons (Fsp3) is 0.415. The van der Waals surface area contributed by atoms with E-state index in [0.717, 1.165) is 12.3 Å². The second-order valence-corrected chi connectivity index (χ2v) is 14.2. The summed E-state index contributed by atoms with van der Waals surface area (Å²) in [4.78, 5) is 5.48. The van der Waals surface area contributed by atoms with E-state index in [2.05, 4.69) is 114 Å². The average molecular weight is 565 g/mol. The van der Waals surface area contributed by atoms with Gasteiger partial charge in [-0.3, -0.25) is 0 Å². The van der Waals surface area contributed by atoms with Crippen molar-refractivity contribution in [2.75, 3.05) is 9.80 Å². The van der Waals surface area contributed by atoms with Crippen LogP contribution in [0.1, 0.15) is 63.4 Å². The molecule has 7 aliphatic rings. The zero-order chi connectivity index (χ0) is 28.5. The van der Waals surface area contributed by atoms with Crippen LogP contribution in [0.4, 0.5) is 11.4 Å². The van der Waals surface area contributed by atoms with E-state index in [1.807, 2.05) is 0 Å². The van der Waals surface area contributed by atoms with Gasteiger partial charge >= 0.3 is 0 Å². The zero-order valence-electron chi connectivity index (χ0n) is 25.5. The Labute approximate surface area is 257 Å². The van der Waals surface area contributed by atoms with E-state index < -0.39 is 0 Å². The summed E-state index contributed by atoms with van der Waals surface area (Å²) in [5, 5.41) is 0. The highest BCUT2D eigenvalue weighted by molar-refractivity contribution is 5.64. The molecule has 7 atom stereocenters. The van der Waals surface area contributed by atoms with Crippen LogP contribution in [0.3, 0.4) is 0 Å². The Morgan fingerprint density at radius 1 is 0.767 bits per heavy atom. The van der Waals surface area contributed by atoms with Crippen molar-refractivity contribution in [2.45, 2.75) is 76.8 Å². The number of para-hydroxylation sites is 1. The standard InChI is InChI=1S/C41H44N2/c1-27-10-9-14-32(24-27)43-39-22-20-30(26-36(39)41-33-15-6-5-11-28(33)18-23-40(41)43)29-19-21-38-35(25-29)34-16-7-8-17-37(34)42(38)31-12-3-2-4-13-31/h2-4,6-7,9-10,12-16,19-20,22,24,28,30,33,35,38,40-41H,5,8,11,17-18,21,23,25-26H2,1H3. The number of nitrogens with zero attached hydrogens (tertiary/aromatic N) is 2. The summed E-state index contributed by atoms with van der Waals surface area (Å²) in [7, 11) is 0. The molecule has 5 aliphatic carbocycles. The Morgan fingerprint density at radius 3 is 2.58 bits per heavy atom. The minimum absolute atomic E-state index is 0.535. The van der Waals surface area contributed by atoms with Crippen molar-refractivity contribution < 1.29 is 0 Å². The second-order valence-electron chi connectivity index (χ2n) is 14.2. The first-order valence-corrected chi connectivity index (χ1v) is 17.1.